The van der Waals surface area contributed by atoms with Gasteiger partial charge < -0.3 is 5.32 Å². The van der Waals surface area contributed by atoms with Crippen molar-refractivity contribution in [2.24, 2.45) is 0 Å². The highest BCUT2D eigenvalue weighted by atomic mass is 35.5. The van der Waals surface area contributed by atoms with Gasteiger partial charge in [-0.25, -0.2) is 0 Å². The monoisotopic (exact) mass is 398 g/mol. The average Bonchev–Trinajstić information content (AvgIpc) is 2.56. The van der Waals surface area contributed by atoms with Gasteiger partial charge in [0.1, 0.15) is 0 Å². The lowest BCUT2D eigenvalue weighted by Crippen LogP contribution is -2.25. The van der Waals surface area contributed by atoms with Crippen LogP contribution in [0.25, 0.3) is 0 Å². The van der Waals surface area contributed by atoms with Crippen LogP contribution in [0.15, 0.2) is 36.4 Å². The van der Waals surface area contributed by atoms with E-state index >= 15 is 0 Å². The summed E-state index contributed by atoms with van der Waals surface area (Å²) in [5.74, 6) is 0.977. The van der Waals surface area contributed by atoms with Crippen molar-refractivity contribution in [1.29, 1.82) is 0 Å². The van der Waals surface area contributed by atoms with Crippen molar-refractivity contribution in [3.8, 4) is 0 Å². The molecule has 2 aromatic carbocycles. The molecule has 1 amide bonds. The van der Waals surface area contributed by atoms with Crippen molar-refractivity contribution in [1.82, 2.24) is 5.32 Å². The quantitative estimate of drug-likeness (QED) is 0.410. The maximum Gasteiger partial charge on any atom is 0.273 e. The van der Waals surface area contributed by atoms with Crippen LogP contribution in [0.4, 0.5) is 5.69 Å². The minimum Gasteiger partial charge on any atom is -0.351 e. The van der Waals surface area contributed by atoms with Gasteiger partial charge in [0.05, 0.1) is 4.92 Å². The Bertz CT molecular complexity index is 779. The molecule has 132 valence electrons. The number of nitro groups is 1. The second-order valence-electron chi connectivity index (χ2n) is 5.27. The first-order valence-corrected chi connectivity index (χ1v) is 9.35. The van der Waals surface area contributed by atoms with E-state index in [0.717, 1.165) is 5.56 Å². The summed E-state index contributed by atoms with van der Waals surface area (Å²) in [5, 5.41) is 14.9. The second kappa shape index (κ2) is 9.08. The molecule has 0 saturated heterocycles. The summed E-state index contributed by atoms with van der Waals surface area (Å²) in [6, 6.07) is 9.81. The molecule has 0 radical (unpaired) electrons. The Kier molecular flexibility index (Phi) is 7.11. The van der Waals surface area contributed by atoms with E-state index in [1.807, 2.05) is 0 Å². The summed E-state index contributed by atoms with van der Waals surface area (Å²) in [5.41, 5.74) is 1.61. The Hall–Kier alpha value is -1.76. The van der Waals surface area contributed by atoms with Crippen LogP contribution in [0.3, 0.4) is 0 Å². The second-order valence-corrected chi connectivity index (χ2v) is 7.19. The molecule has 0 atom stereocenters. The molecule has 0 spiro atoms. The van der Waals surface area contributed by atoms with E-state index in [1.54, 1.807) is 49.0 Å². The SMILES string of the molecule is Cc1ccc(C(=O)NCCSCc2c(Cl)cccc2Cl)cc1[N+](=O)[O-]. The van der Waals surface area contributed by atoms with Crippen LogP contribution >= 0.6 is 35.0 Å². The molecular weight excluding hydrogens is 383 g/mol. The zero-order chi connectivity index (χ0) is 18.4. The maximum atomic E-state index is 12.1. The first kappa shape index (κ1) is 19.6. The van der Waals surface area contributed by atoms with Crippen molar-refractivity contribution in [2.45, 2.75) is 12.7 Å². The standard InChI is InChI=1S/C17H16Cl2N2O3S/c1-11-5-6-12(9-16(11)21(23)24)17(22)20-7-8-25-10-13-14(18)3-2-4-15(13)19/h2-6,9H,7-8,10H2,1H3,(H,20,22). The molecule has 1 N–H and O–H groups in total. The first-order chi connectivity index (χ1) is 11.9. The fourth-order valence-electron chi connectivity index (χ4n) is 2.13. The van der Waals surface area contributed by atoms with Gasteiger partial charge in [0, 0.05) is 45.3 Å². The van der Waals surface area contributed by atoms with Crippen LogP contribution in [-0.4, -0.2) is 23.1 Å². The minimum absolute atomic E-state index is 0.0598. The molecule has 0 aliphatic carbocycles. The maximum absolute atomic E-state index is 12.1. The number of rotatable bonds is 7. The number of aryl methyl sites for hydroxylation is 1. The van der Waals surface area contributed by atoms with Gasteiger partial charge in [-0.2, -0.15) is 11.8 Å². The minimum atomic E-state index is -0.491. The Morgan fingerprint density at radius 3 is 2.56 bits per heavy atom. The van der Waals surface area contributed by atoms with Crippen LogP contribution in [0.1, 0.15) is 21.5 Å². The number of carbonyl (C=O) groups excluding carboxylic acids is 1. The number of halogens is 2. The highest BCUT2D eigenvalue weighted by Crippen LogP contribution is 2.28. The molecule has 8 heteroatoms. The van der Waals surface area contributed by atoms with E-state index in [0.29, 0.717) is 33.7 Å². The van der Waals surface area contributed by atoms with Gasteiger partial charge in [0.25, 0.3) is 11.6 Å². The number of carbonyl (C=O) groups is 1. The number of hydrogen-bond acceptors (Lipinski definition) is 4. The van der Waals surface area contributed by atoms with Gasteiger partial charge in [0.2, 0.25) is 0 Å². The Morgan fingerprint density at radius 1 is 1.24 bits per heavy atom. The van der Waals surface area contributed by atoms with E-state index in [2.05, 4.69) is 5.32 Å². The Labute approximate surface area is 159 Å². The number of thioether (sulfide) groups is 1. The molecule has 0 fully saturated rings. The number of nitrogens with one attached hydrogen (secondary N) is 1. The predicted molar refractivity (Wildman–Crippen MR) is 103 cm³/mol. The molecule has 0 aliphatic rings. The summed E-state index contributed by atoms with van der Waals surface area (Å²) < 4.78 is 0. The zero-order valence-corrected chi connectivity index (χ0v) is 15.7. The zero-order valence-electron chi connectivity index (χ0n) is 13.4. The molecule has 0 saturated carbocycles. The topological polar surface area (TPSA) is 72.2 Å². The van der Waals surface area contributed by atoms with E-state index in [9.17, 15) is 14.9 Å². The lowest BCUT2D eigenvalue weighted by atomic mass is 10.1. The van der Waals surface area contributed by atoms with Crippen LogP contribution in [0, 0.1) is 17.0 Å². The molecule has 2 rings (SSSR count). The third-order valence-corrected chi connectivity index (χ3v) is 5.20. The molecule has 25 heavy (non-hydrogen) atoms. The smallest absolute Gasteiger partial charge is 0.273 e. The van der Waals surface area contributed by atoms with E-state index in [1.165, 1.54) is 6.07 Å². The van der Waals surface area contributed by atoms with Gasteiger partial charge in [-0.3, -0.25) is 14.9 Å². The largest absolute Gasteiger partial charge is 0.351 e. The highest BCUT2D eigenvalue weighted by Gasteiger charge is 2.14. The van der Waals surface area contributed by atoms with Crippen LogP contribution in [0.2, 0.25) is 10.0 Å². The molecule has 0 aromatic heterocycles. The highest BCUT2D eigenvalue weighted by molar-refractivity contribution is 7.98. The van der Waals surface area contributed by atoms with Crippen molar-refractivity contribution in [2.75, 3.05) is 12.3 Å². The van der Waals surface area contributed by atoms with Crippen molar-refractivity contribution >= 4 is 46.6 Å². The fourth-order valence-corrected chi connectivity index (χ4v) is 3.73. The van der Waals surface area contributed by atoms with Crippen molar-refractivity contribution in [3.63, 3.8) is 0 Å². The summed E-state index contributed by atoms with van der Waals surface area (Å²) in [7, 11) is 0. The van der Waals surface area contributed by atoms with E-state index in [-0.39, 0.29) is 17.2 Å². The number of nitrogens with zero attached hydrogens (tertiary/aromatic N) is 1. The third kappa shape index (κ3) is 5.36. The molecule has 5 nitrogen and oxygen atoms in total. The van der Waals surface area contributed by atoms with Gasteiger partial charge in [-0.15, -0.1) is 0 Å². The van der Waals surface area contributed by atoms with Crippen LogP contribution in [0.5, 0.6) is 0 Å². The lowest BCUT2D eigenvalue weighted by molar-refractivity contribution is -0.385. The molecule has 0 aliphatic heterocycles. The summed E-state index contributed by atoms with van der Waals surface area (Å²) in [6.07, 6.45) is 0. The predicted octanol–water partition coefficient (Wildman–Crippen LogP) is 4.87. The average molecular weight is 399 g/mol. The number of nitro benzene ring substituents is 1. The van der Waals surface area contributed by atoms with Crippen LogP contribution in [-0.2, 0) is 5.75 Å². The Balaban J connectivity index is 1.83. The number of amides is 1. The van der Waals surface area contributed by atoms with Gasteiger partial charge >= 0.3 is 0 Å². The third-order valence-electron chi connectivity index (χ3n) is 3.51. The number of benzene rings is 2. The molecule has 0 heterocycles. The van der Waals surface area contributed by atoms with Crippen LogP contribution < -0.4 is 5.32 Å². The van der Waals surface area contributed by atoms with Crippen molar-refractivity contribution < 1.29 is 9.72 Å². The fraction of sp³-hybridized carbons (Fsp3) is 0.235. The van der Waals surface area contributed by atoms with E-state index in [4.69, 9.17) is 23.2 Å². The summed E-state index contributed by atoms with van der Waals surface area (Å²) in [4.78, 5) is 22.5. The lowest BCUT2D eigenvalue weighted by Gasteiger charge is -2.08. The van der Waals surface area contributed by atoms with Gasteiger partial charge in [0.15, 0.2) is 0 Å². The molecule has 0 bridgehead atoms. The molecule has 2 aromatic rings. The number of hydrogen-bond donors (Lipinski definition) is 1. The van der Waals surface area contributed by atoms with Gasteiger partial charge in [-0.1, -0.05) is 35.3 Å². The Morgan fingerprint density at radius 2 is 1.92 bits per heavy atom. The molecule has 0 unspecified atom stereocenters. The first-order valence-electron chi connectivity index (χ1n) is 7.44. The molecular formula is C17H16Cl2N2O3S. The van der Waals surface area contributed by atoms with Crippen molar-refractivity contribution in [3.05, 3.63) is 73.2 Å². The van der Waals surface area contributed by atoms with E-state index < -0.39 is 4.92 Å². The summed E-state index contributed by atoms with van der Waals surface area (Å²) >= 11 is 13.8. The van der Waals surface area contributed by atoms with Gasteiger partial charge in [-0.05, 0) is 30.7 Å². The normalized spacial score (nSPS) is 10.5. The summed E-state index contributed by atoms with van der Waals surface area (Å²) in [6.45, 7) is 2.07.